The van der Waals surface area contributed by atoms with E-state index in [2.05, 4.69) is 37.2 Å². The number of carbonyl (C=O) groups is 8. The smallest absolute Gasteiger partial charge is 0.325 e. The molecule has 0 aliphatic heterocycles. The van der Waals surface area contributed by atoms with Gasteiger partial charge in [0, 0.05) is 6.92 Å². The van der Waals surface area contributed by atoms with Crippen molar-refractivity contribution < 1.29 is 43.5 Å². The molecule has 0 saturated carbocycles. The van der Waals surface area contributed by atoms with Gasteiger partial charge in [-0.1, -0.05) is 0 Å². The first-order valence-electron chi connectivity index (χ1n) is 13.9. The van der Waals surface area contributed by atoms with E-state index in [1.165, 1.54) is 48.5 Å². The summed E-state index contributed by atoms with van der Waals surface area (Å²) in [5.74, 6) is -5.82. The van der Waals surface area contributed by atoms with Gasteiger partial charge in [-0.15, -0.1) is 0 Å². The van der Waals surface area contributed by atoms with Crippen LogP contribution in [0.5, 0.6) is 0 Å². The second-order valence-corrected chi connectivity index (χ2v) is 10.3. The van der Waals surface area contributed by atoms with Crippen molar-refractivity contribution in [2.24, 2.45) is 5.73 Å². The van der Waals surface area contributed by atoms with Crippen LogP contribution in [0.1, 0.15) is 67.7 Å². The fourth-order valence-electron chi connectivity index (χ4n) is 3.40. The highest BCUT2D eigenvalue weighted by molar-refractivity contribution is 5.96. The summed E-state index contributed by atoms with van der Waals surface area (Å²) in [7, 11) is 0. The summed E-state index contributed by atoms with van der Waals surface area (Å²) in [6.45, 7) is 9.77. The van der Waals surface area contributed by atoms with Gasteiger partial charge in [-0.25, -0.2) is 0 Å². The van der Waals surface area contributed by atoms with Gasteiger partial charge in [0.2, 0.25) is 41.4 Å². The van der Waals surface area contributed by atoms with Gasteiger partial charge < -0.3 is 48.1 Å². The van der Waals surface area contributed by atoms with Crippen LogP contribution in [-0.4, -0.2) is 101 Å². The van der Waals surface area contributed by atoms with Crippen molar-refractivity contribution in [3.05, 3.63) is 0 Å². The third-order valence-corrected chi connectivity index (χ3v) is 6.13. The van der Waals surface area contributed by atoms with E-state index >= 15 is 0 Å². The molecule has 7 amide bonds. The van der Waals surface area contributed by atoms with Gasteiger partial charge in [0.15, 0.2) is 0 Å². The topological polar surface area (TPSA) is 267 Å². The first kappa shape index (κ1) is 38.7. The van der Waals surface area contributed by atoms with Crippen molar-refractivity contribution in [3.63, 3.8) is 0 Å². The first-order chi connectivity index (χ1) is 19.9. The SMILES string of the molecule is CC(=O)N[C@@H](CCCCN)C(=O)N[C@@H](C)C(=O)N[C@@H](C)C(=O)N[C@@H](C)C(=O)N[C@@H](C)C(=O)N[C@@H](C)C(=O)N[C@@H](C)C(=O)O. The lowest BCUT2D eigenvalue weighted by molar-refractivity contribution is -0.141. The molecular weight excluding hydrogens is 568 g/mol. The highest BCUT2D eigenvalue weighted by Gasteiger charge is 2.28. The van der Waals surface area contributed by atoms with Crippen LogP contribution in [0.4, 0.5) is 0 Å². The molecule has 10 N–H and O–H groups in total. The molecule has 0 aromatic rings. The third kappa shape index (κ3) is 15.0. The monoisotopic (exact) mass is 614 g/mol. The Morgan fingerprint density at radius 1 is 0.512 bits per heavy atom. The number of aliphatic carboxylic acids is 1. The zero-order valence-corrected chi connectivity index (χ0v) is 25.7. The summed E-state index contributed by atoms with van der Waals surface area (Å²) in [4.78, 5) is 97.0. The molecule has 17 nitrogen and oxygen atoms in total. The maximum absolute atomic E-state index is 12.6. The quantitative estimate of drug-likeness (QED) is 0.0695. The van der Waals surface area contributed by atoms with Crippen LogP contribution in [0.2, 0.25) is 0 Å². The minimum Gasteiger partial charge on any atom is -0.480 e. The first-order valence-corrected chi connectivity index (χ1v) is 13.9. The van der Waals surface area contributed by atoms with E-state index in [4.69, 9.17) is 10.8 Å². The summed E-state index contributed by atoms with van der Waals surface area (Å²) in [6.07, 6.45) is 1.57. The number of carboxylic acids is 1. The van der Waals surface area contributed by atoms with Gasteiger partial charge in [-0.3, -0.25) is 38.4 Å². The Labute approximate surface area is 250 Å². The van der Waals surface area contributed by atoms with E-state index < -0.39 is 89.6 Å². The van der Waals surface area contributed by atoms with Crippen molar-refractivity contribution in [2.45, 2.75) is 110 Å². The zero-order valence-electron chi connectivity index (χ0n) is 25.7. The Hall–Kier alpha value is -4.28. The van der Waals surface area contributed by atoms with E-state index in [1.54, 1.807) is 0 Å². The van der Waals surface area contributed by atoms with Crippen LogP contribution < -0.4 is 43.0 Å². The molecule has 0 heterocycles. The minimum absolute atomic E-state index is 0.330. The predicted molar refractivity (Wildman–Crippen MR) is 154 cm³/mol. The van der Waals surface area contributed by atoms with Crippen LogP contribution in [-0.2, 0) is 38.4 Å². The molecule has 43 heavy (non-hydrogen) atoms. The standard InChI is InChI=1S/C26H46N8O9/c1-12(20(36)29-13(2)22(38)31-15(4)24(40)33-17(6)26(42)43)28-21(37)14(3)30-23(39)16(5)32-25(41)19(34-18(7)35)10-8-9-11-27/h12-17,19H,8-11,27H2,1-7H3,(H,28,37)(H,29,36)(H,30,39)(H,31,38)(H,32,41)(H,33,40)(H,34,35)(H,42,43)/t12-,13-,14-,15-,16-,17-,19-/m0/s1. The van der Waals surface area contributed by atoms with Crippen molar-refractivity contribution >= 4 is 47.3 Å². The number of amides is 7. The molecule has 0 aromatic carbocycles. The number of hydrogen-bond acceptors (Lipinski definition) is 9. The van der Waals surface area contributed by atoms with Crippen LogP contribution in [0.3, 0.4) is 0 Å². The summed E-state index contributed by atoms with van der Waals surface area (Å²) in [5.41, 5.74) is 5.47. The number of rotatable bonds is 18. The van der Waals surface area contributed by atoms with Gasteiger partial charge in [0.05, 0.1) is 0 Å². The number of nitrogens with one attached hydrogen (secondary N) is 7. The van der Waals surface area contributed by atoms with Gasteiger partial charge in [-0.05, 0) is 67.3 Å². The van der Waals surface area contributed by atoms with Crippen molar-refractivity contribution in [1.29, 1.82) is 0 Å². The lowest BCUT2D eigenvalue weighted by Gasteiger charge is -2.23. The molecule has 244 valence electrons. The maximum Gasteiger partial charge on any atom is 0.325 e. The second kappa shape index (κ2) is 19.0. The molecule has 0 rings (SSSR count). The molecule has 0 fully saturated rings. The van der Waals surface area contributed by atoms with Crippen molar-refractivity contribution in [2.75, 3.05) is 6.54 Å². The second-order valence-electron chi connectivity index (χ2n) is 10.3. The van der Waals surface area contributed by atoms with Crippen molar-refractivity contribution in [3.8, 4) is 0 Å². The molecule has 0 spiro atoms. The Kier molecular flexibility index (Phi) is 17.1. The van der Waals surface area contributed by atoms with Gasteiger partial charge in [-0.2, -0.15) is 0 Å². The van der Waals surface area contributed by atoms with E-state index in [0.717, 1.165) is 0 Å². The van der Waals surface area contributed by atoms with Crippen molar-refractivity contribution in [1.82, 2.24) is 37.2 Å². The third-order valence-electron chi connectivity index (χ3n) is 6.13. The highest BCUT2D eigenvalue weighted by Crippen LogP contribution is 2.02. The number of carbonyl (C=O) groups excluding carboxylic acids is 7. The van der Waals surface area contributed by atoms with Gasteiger partial charge in [0.1, 0.15) is 42.3 Å². The lowest BCUT2D eigenvalue weighted by Crippen LogP contribution is -2.58. The normalized spacial score (nSPS) is 15.5. The number of unbranched alkanes of at least 4 members (excludes halogenated alkanes) is 1. The number of nitrogens with two attached hydrogens (primary N) is 1. The Balaban J connectivity index is 4.86. The molecule has 0 bridgehead atoms. The average molecular weight is 615 g/mol. The summed E-state index contributed by atoms with van der Waals surface area (Å²) in [6, 6.07) is -7.50. The molecule has 17 heteroatoms. The largest absolute Gasteiger partial charge is 0.480 e. The molecule has 7 atom stereocenters. The number of hydrogen-bond donors (Lipinski definition) is 9. The Morgan fingerprint density at radius 2 is 0.814 bits per heavy atom. The van der Waals surface area contributed by atoms with Crippen LogP contribution in [0, 0.1) is 0 Å². The molecule has 0 radical (unpaired) electrons. The lowest BCUT2D eigenvalue weighted by atomic mass is 10.1. The maximum atomic E-state index is 12.6. The molecule has 0 aliphatic carbocycles. The Morgan fingerprint density at radius 3 is 1.09 bits per heavy atom. The van der Waals surface area contributed by atoms with E-state index in [-0.39, 0.29) is 0 Å². The Bertz CT molecular complexity index is 1040. The molecule has 0 saturated heterocycles. The molecular formula is C26H46N8O9. The summed E-state index contributed by atoms with van der Waals surface area (Å²) in [5, 5.41) is 25.7. The highest BCUT2D eigenvalue weighted by atomic mass is 16.4. The van der Waals surface area contributed by atoms with E-state index in [0.29, 0.717) is 25.8 Å². The molecule has 0 unspecified atom stereocenters. The van der Waals surface area contributed by atoms with Gasteiger partial charge in [0.25, 0.3) is 0 Å². The van der Waals surface area contributed by atoms with E-state index in [9.17, 15) is 38.4 Å². The average Bonchev–Trinajstić information content (AvgIpc) is 2.91. The van der Waals surface area contributed by atoms with E-state index in [1.807, 2.05) is 0 Å². The van der Waals surface area contributed by atoms with Crippen LogP contribution in [0.15, 0.2) is 0 Å². The zero-order chi connectivity index (χ0) is 33.4. The van der Waals surface area contributed by atoms with Crippen LogP contribution >= 0.6 is 0 Å². The molecule has 0 aliphatic rings. The predicted octanol–water partition coefficient (Wildman–Crippen LogP) is -3.27. The fourth-order valence-corrected chi connectivity index (χ4v) is 3.40. The summed E-state index contributed by atoms with van der Waals surface area (Å²) >= 11 is 0. The summed E-state index contributed by atoms with van der Waals surface area (Å²) < 4.78 is 0. The minimum atomic E-state index is -1.25. The fraction of sp³-hybridized carbons (Fsp3) is 0.692. The molecule has 0 aromatic heterocycles. The number of carboxylic acid groups (broad SMARTS) is 1. The van der Waals surface area contributed by atoms with Crippen LogP contribution in [0.25, 0.3) is 0 Å². The van der Waals surface area contributed by atoms with Gasteiger partial charge >= 0.3 is 5.97 Å².